The fourth-order valence-corrected chi connectivity index (χ4v) is 2.88. The lowest BCUT2D eigenvalue weighted by Gasteiger charge is -2.31. The largest absolute Gasteiger partial charge is 0.491 e. The van der Waals surface area contributed by atoms with Crippen LogP contribution in [0.15, 0.2) is 16.9 Å². The predicted octanol–water partition coefficient (Wildman–Crippen LogP) is 3.17. The first-order valence-corrected chi connectivity index (χ1v) is 7.77. The average Bonchev–Trinajstić information content (AvgIpc) is 2.66. The second-order valence-corrected chi connectivity index (χ2v) is 5.51. The van der Waals surface area contributed by atoms with Crippen LogP contribution in [0, 0.1) is 0 Å². The fourth-order valence-electron chi connectivity index (χ4n) is 2.55. The summed E-state index contributed by atoms with van der Waals surface area (Å²) in [4.78, 5) is 6.79. The Labute approximate surface area is 123 Å². The molecule has 0 radical (unpaired) electrons. The molecule has 1 aliphatic heterocycles. The number of halogens is 1. The van der Waals surface area contributed by atoms with E-state index in [1.165, 1.54) is 25.7 Å². The van der Waals surface area contributed by atoms with Crippen molar-refractivity contribution in [2.75, 3.05) is 25.1 Å². The van der Waals surface area contributed by atoms with Gasteiger partial charge in [0.2, 0.25) is 0 Å². The Bertz CT molecular complexity index is 414. The number of pyridine rings is 1. The number of ether oxygens (including phenoxy) is 1. The molecule has 106 valence electrons. The molecule has 0 amide bonds. The molecule has 0 bridgehead atoms. The van der Waals surface area contributed by atoms with Crippen LogP contribution in [-0.2, 0) is 0 Å². The lowest BCUT2D eigenvalue weighted by molar-refractivity contribution is 0.336. The second kappa shape index (κ2) is 7.10. The summed E-state index contributed by atoms with van der Waals surface area (Å²) in [5.41, 5.74) is 1.13. The number of hydrogen-bond donors (Lipinski definition) is 1. The van der Waals surface area contributed by atoms with E-state index >= 15 is 0 Å². The molecule has 1 unspecified atom stereocenters. The molecule has 1 aromatic heterocycles. The van der Waals surface area contributed by atoms with Gasteiger partial charge in [0.15, 0.2) is 5.75 Å². The van der Waals surface area contributed by atoms with Gasteiger partial charge in [-0.05, 0) is 49.2 Å². The molecular weight excluding hydrogens is 306 g/mol. The Balaban J connectivity index is 2.25. The van der Waals surface area contributed by atoms with Gasteiger partial charge in [-0.2, -0.15) is 0 Å². The molecule has 1 saturated heterocycles. The van der Waals surface area contributed by atoms with Gasteiger partial charge in [0.1, 0.15) is 4.60 Å². The van der Waals surface area contributed by atoms with Gasteiger partial charge in [-0.3, -0.25) is 0 Å². The molecule has 0 spiro atoms. The molecule has 0 aromatic carbocycles. The summed E-state index contributed by atoms with van der Waals surface area (Å²) in [6.07, 6.45) is 7.30. The molecule has 19 heavy (non-hydrogen) atoms. The first-order chi connectivity index (χ1) is 9.26. The quantitative estimate of drug-likeness (QED) is 0.862. The van der Waals surface area contributed by atoms with Crippen molar-refractivity contribution in [3.63, 3.8) is 0 Å². The van der Waals surface area contributed by atoms with Crippen molar-refractivity contribution in [1.82, 2.24) is 10.3 Å². The number of nitrogens with zero attached hydrogens (tertiary/aromatic N) is 2. The van der Waals surface area contributed by atoms with Crippen molar-refractivity contribution in [3.8, 4) is 5.75 Å². The van der Waals surface area contributed by atoms with Crippen molar-refractivity contribution < 1.29 is 4.74 Å². The van der Waals surface area contributed by atoms with Crippen molar-refractivity contribution in [2.45, 2.75) is 38.8 Å². The Kier molecular flexibility index (Phi) is 5.45. The van der Waals surface area contributed by atoms with Gasteiger partial charge < -0.3 is 15.0 Å². The highest BCUT2D eigenvalue weighted by Gasteiger charge is 2.20. The van der Waals surface area contributed by atoms with E-state index in [0.717, 1.165) is 22.6 Å². The van der Waals surface area contributed by atoms with Gasteiger partial charge in [-0.25, -0.2) is 4.98 Å². The Morgan fingerprint density at radius 3 is 3.05 bits per heavy atom. The van der Waals surface area contributed by atoms with Crippen LogP contribution in [0.1, 0.15) is 32.6 Å². The minimum atomic E-state index is 0.389. The van der Waals surface area contributed by atoms with Gasteiger partial charge in [-0.1, -0.05) is 6.42 Å². The Morgan fingerprint density at radius 1 is 1.47 bits per heavy atom. The monoisotopic (exact) mass is 327 g/mol. The minimum absolute atomic E-state index is 0.389. The second-order valence-electron chi connectivity index (χ2n) is 4.76. The molecule has 0 aliphatic carbocycles. The maximum atomic E-state index is 5.61. The predicted molar refractivity (Wildman–Crippen MR) is 81.8 cm³/mol. The normalized spacial score (nSPS) is 20.2. The SMILES string of the molecule is CCOc1cc(N2CCCCCC2NC)cnc1Br. The van der Waals surface area contributed by atoms with Crippen molar-refractivity contribution >= 4 is 21.6 Å². The molecule has 1 aliphatic rings. The van der Waals surface area contributed by atoms with E-state index in [1.54, 1.807) is 0 Å². The van der Waals surface area contributed by atoms with Crippen LogP contribution in [0.2, 0.25) is 0 Å². The Hall–Kier alpha value is -0.810. The van der Waals surface area contributed by atoms with Gasteiger partial charge in [0.05, 0.1) is 24.7 Å². The number of rotatable bonds is 4. The molecule has 1 atom stereocenters. The van der Waals surface area contributed by atoms with Crippen molar-refractivity contribution in [3.05, 3.63) is 16.9 Å². The molecule has 2 heterocycles. The highest BCUT2D eigenvalue weighted by Crippen LogP contribution is 2.30. The molecule has 2 rings (SSSR count). The van der Waals surface area contributed by atoms with Crippen molar-refractivity contribution in [2.24, 2.45) is 0 Å². The summed E-state index contributed by atoms with van der Waals surface area (Å²) in [7, 11) is 2.03. The molecule has 1 N–H and O–H groups in total. The van der Waals surface area contributed by atoms with E-state index in [2.05, 4.69) is 37.2 Å². The summed E-state index contributed by atoms with van der Waals surface area (Å²) in [6.45, 7) is 3.71. The lowest BCUT2D eigenvalue weighted by atomic mass is 10.2. The zero-order valence-corrected chi connectivity index (χ0v) is 13.2. The summed E-state index contributed by atoms with van der Waals surface area (Å²) in [5.74, 6) is 0.819. The van der Waals surface area contributed by atoms with Gasteiger partial charge in [-0.15, -0.1) is 0 Å². The molecule has 4 nitrogen and oxygen atoms in total. The molecule has 1 fully saturated rings. The number of aromatic nitrogens is 1. The third-order valence-corrected chi connectivity index (χ3v) is 4.11. The highest BCUT2D eigenvalue weighted by atomic mass is 79.9. The average molecular weight is 328 g/mol. The lowest BCUT2D eigenvalue weighted by Crippen LogP contribution is -2.43. The summed E-state index contributed by atoms with van der Waals surface area (Å²) < 4.78 is 6.38. The first-order valence-electron chi connectivity index (χ1n) is 6.98. The summed E-state index contributed by atoms with van der Waals surface area (Å²) in [6, 6.07) is 2.08. The van der Waals surface area contributed by atoms with Crippen LogP contribution >= 0.6 is 15.9 Å². The number of nitrogens with one attached hydrogen (secondary N) is 1. The Morgan fingerprint density at radius 2 is 2.32 bits per heavy atom. The maximum absolute atomic E-state index is 5.61. The van der Waals surface area contributed by atoms with Crippen LogP contribution in [0.4, 0.5) is 5.69 Å². The van der Waals surface area contributed by atoms with E-state index in [1.807, 2.05) is 20.2 Å². The topological polar surface area (TPSA) is 37.4 Å². The third-order valence-electron chi connectivity index (χ3n) is 3.51. The summed E-state index contributed by atoms with van der Waals surface area (Å²) in [5, 5.41) is 3.40. The van der Waals surface area contributed by atoms with Crippen LogP contribution in [0.25, 0.3) is 0 Å². The van der Waals surface area contributed by atoms with Crippen LogP contribution in [0.5, 0.6) is 5.75 Å². The van der Waals surface area contributed by atoms with Crippen molar-refractivity contribution in [1.29, 1.82) is 0 Å². The molecule has 5 heteroatoms. The molecule has 1 aromatic rings. The highest BCUT2D eigenvalue weighted by molar-refractivity contribution is 9.10. The fraction of sp³-hybridized carbons (Fsp3) is 0.643. The van der Waals surface area contributed by atoms with E-state index in [0.29, 0.717) is 12.8 Å². The van der Waals surface area contributed by atoms with Crippen LogP contribution in [-0.4, -0.2) is 31.3 Å². The van der Waals surface area contributed by atoms with Crippen LogP contribution < -0.4 is 15.0 Å². The smallest absolute Gasteiger partial charge is 0.154 e. The first kappa shape index (κ1) is 14.6. The van der Waals surface area contributed by atoms with Gasteiger partial charge in [0, 0.05) is 12.6 Å². The number of hydrogen-bond acceptors (Lipinski definition) is 4. The zero-order chi connectivity index (χ0) is 13.7. The van der Waals surface area contributed by atoms with E-state index in [9.17, 15) is 0 Å². The number of anilines is 1. The van der Waals surface area contributed by atoms with Gasteiger partial charge in [0.25, 0.3) is 0 Å². The van der Waals surface area contributed by atoms with E-state index in [-0.39, 0.29) is 0 Å². The van der Waals surface area contributed by atoms with Crippen LogP contribution in [0.3, 0.4) is 0 Å². The molecular formula is C14H22BrN3O. The summed E-state index contributed by atoms with van der Waals surface area (Å²) >= 11 is 3.43. The van der Waals surface area contributed by atoms with E-state index in [4.69, 9.17) is 4.74 Å². The zero-order valence-electron chi connectivity index (χ0n) is 11.7. The third kappa shape index (κ3) is 3.60. The molecule has 0 saturated carbocycles. The minimum Gasteiger partial charge on any atom is -0.491 e. The van der Waals surface area contributed by atoms with Gasteiger partial charge >= 0.3 is 0 Å². The van der Waals surface area contributed by atoms with E-state index < -0.39 is 0 Å². The maximum Gasteiger partial charge on any atom is 0.154 e. The standard InChI is InChI=1S/C14H22BrN3O/c1-3-19-12-9-11(10-17-14(12)15)18-8-6-4-5-7-13(18)16-2/h9-10,13,16H,3-8H2,1-2H3.